The minimum atomic E-state index is -0.386. The predicted octanol–water partition coefficient (Wildman–Crippen LogP) is 6.67. The molecule has 0 aromatic carbocycles. The van der Waals surface area contributed by atoms with Crippen LogP contribution in [0.5, 0.6) is 0 Å². The van der Waals surface area contributed by atoms with Crippen LogP contribution in [0, 0.1) is 0 Å². The van der Waals surface area contributed by atoms with E-state index in [1.807, 2.05) is 41.2 Å². The van der Waals surface area contributed by atoms with Crippen molar-refractivity contribution in [1.82, 2.24) is 0 Å². The van der Waals surface area contributed by atoms with Gasteiger partial charge in [-0.2, -0.15) is 0 Å². The molecule has 0 aliphatic heterocycles. The van der Waals surface area contributed by atoms with E-state index in [-0.39, 0.29) is 29.9 Å². The molecular formula is C22H50O4S4Si2. The van der Waals surface area contributed by atoms with E-state index in [1.165, 1.54) is 0 Å². The second kappa shape index (κ2) is 23.1. The summed E-state index contributed by atoms with van der Waals surface area (Å²) in [6.45, 7) is 16.6. The van der Waals surface area contributed by atoms with Crippen molar-refractivity contribution < 1.29 is 18.9 Å². The zero-order valence-electron chi connectivity index (χ0n) is 21.6. The van der Waals surface area contributed by atoms with Crippen molar-refractivity contribution in [2.45, 2.75) is 103 Å². The van der Waals surface area contributed by atoms with Crippen LogP contribution in [-0.4, -0.2) is 67.8 Å². The Kier molecular flexibility index (Phi) is 24.3. The van der Waals surface area contributed by atoms with Crippen molar-refractivity contribution in [3.05, 3.63) is 0 Å². The lowest BCUT2D eigenvalue weighted by Gasteiger charge is -2.33. The first kappa shape index (κ1) is 33.7. The second-order valence-corrected chi connectivity index (χ2v) is 17.7. The van der Waals surface area contributed by atoms with Gasteiger partial charge in [-0.25, -0.2) is 0 Å². The first-order valence-electron chi connectivity index (χ1n) is 12.7. The molecule has 0 unspecified atom stereocenters. The molecule has 0 aromatic heterocycles. The van der Waals surface area contributed by atoms with Crippen molar-refractivity contribution in [2.24, 2.45) is 0 Å². The van der Waals surface area contributed by atoms with E-state index >= 15 is 0 Å². The minimum Gasteiger partial charge on any atom is -0.354 e. The Morgan fingerprint density at radius 1 is 0.562 bits per heavy atom. The molecule has 0 atom stereocenters. The van der Waals surface area contributed by atoms with Crippen LogP contribution < -0.4 is 0 Å². The van der Waals surface area contributed by atoms with Gasteiger partial charge in [-0.3, -0.25) is 0 Å². The zero-order valence-corrected chi connectivity index (χ0v) is 27.7. The van der Waals surface area contributed by atoms with Crippen molar-refractivity contribution in [1.29, 1.82) is 0 Å². The highest BCUT2D eigenvalue weighted by atomic mass is 33.7. The SMILES string of the molecule is CCCOC(CCCSSSSCCCC(OCCC)(OCCC)[SiH2]C)(OCCC)[SiH2]C. The average molecular weight is 563 g/mol. The summed E-state index contributed by atoms with van der Waals surface area (Å²) in [4.78, 5) is 0. The fraction of sp³-hybridized carbons (Fsp3) is 1.00. The van der Waals surface area contributed by atoms with Crippen LogP contribution in [0.3, 0.4) is 0 Å². The molecule has 0 fully saturated rings. The second-order valence-electron chi connectivity index (χ2n) is 7.91. The molecule has 0 spiro atoms. The van der Waals surface area contributed by atoms with Gasteiger partial charge in [-0.15, -0.1) is 0 Å². The molecular weight excluding hydrogens is 513 g/mol. The van der Waals surface area contributed by atoms with E-state index in [1.54, 1.807) is 0 Å². The van der Waals surface area contributed by atoms with Gasteiger partial charge in [-0.05, 0) is 71.0 Å². The van der Waals surface area contributed by atoms with E-state index in [9.17, 15) is 0 Å². The van der Waals surface area contributed by atoms with Gasteiger partial charge in [0.15, 0.2) is 0 Å². The lowest BCUT2D eigenvalue weighted by molar-refractivity contribution is -0.184. The Morgan fingerprint density at radius 2 is 0.875 bits per heavy atom. The zero-order chi connectivity index (χ0) is 24.0. The average Bonchev–Trinajstić information content (AvgIpc) is 2.83. The Balaban J connectivity index is 4.03. The first-order valence-corrected chi connectivity index (χ1v) is 22.1. The molecule has 0 radical (unpaired) electrons. The molecule has 194 valence electrons. The van der Waals surface area contributed by atoms with Crippen LogP contribution in [0.15, 0.2) is 0 Å². The molecule has 0 saturated carbocycles. The van der Waals surface area contributed by atoms with Crippen molar-refractivity contribution in [2.75, 3.05) is 37.9 Å². The predicted molar refractivity (Wildman–Crippen MR) is 158 cm³/mol. The van der Waals surface area contributed by atoms with Crippen LogP contribution in [-0.2, 0) is 18.9 Å². The van der Waals surface area contributed by atoms with Crippen molar-refractivity contribution in [3.63, 3.8) is 0 Å². The van der Waals surface area contributed by atoms with E-state index in [0.717, 1.165) is 89.3 Å². The molecule has 0 N–H and O–H groups in total. The van der Waals surface area contributed by atoms with E-state index < -0.39 is 0 Å². The highest BCUT2D eigenvalue weighted by Gasteiger charge is 2.30. The van der Waals surface area contributed by atoms with Gasteiger partial charge in [-0.1, -0.05) is 62.4 Å². The highest BCUT2D eigenvalue weighted by molar-refractivity contribution is 9.26. The van der Waals surface area contributed by atoms with Crippen LogP contribution in [0.4, 0.5) is 0 Å². The third kappa shape index (κ3) is 16.4. The normalized spacial score (nSPS) is 13.3. The van der Waals surface area contributed by atoms with Gasteiger partial charge in [0.1, 0.15) is 10.8 Å². The smallest absolute Gasteiger partial charge is 0.144 e. The van der Waals surface area contributed by atoms with Gasteiger partial charge in [0, 0.05) is 37.9 Å². The molecule has 32 heavy (non-hydrogen) atoms. The van der Waals surface area contributed by atoms with E-state index in [0.29, 0.717) is 0 Å². The summed E-state index contributed by atoms with van der Waals surface area (Å²) in [6.07, 6.45) is 8.62. The van der Waals surface area contributed by atoms with Gasteiger partial charge in [0.05, 0.1) is 19.0 Å². The van der Waals surface area contributed by atoms with Gasteiger partial charge in [0.2, 0.25) is 0 Å². The summed E-state index contributed by atoms with van der Waals surface area (Å²) in [5, 5.41) is 0. The molecule has 0 bridgehead atoms. The standard InChI is InChI=1S/C22H50O4S4Si2/c1-7-15-23-21(31-5,24-16-8-2)13-11-19-27-29-30-28-20-12-14-22(32-6,25-17-9-3)26-18-10-4/h7-20,31-32H2,1-6H3. The summed E-state index contributed by atoms with van der Waals surface area (Å²) >= 11 is 0. The Hall–Kier alpha value is 1.67. The molecule has 0 heterocycles. The van der Waals surface area contributed by atoms with Crippen LogP contribution in [0.1, 0.15) is 79.1 Å². The number of ether oxygens (including phenoxy) is 4. The third-order valence-corrected chi connectivity index (χ3v) is 15.4. The van der Waals surface area contributed by atoms with Gasteiger partial charge >= 0.3 is 0 Å². The maximum absolute atomic E-state index is 6.18. The van der Waals surface area contributed by atoms with Crippen LogP contribution in [0.2, 0.25) is 13.1 Å². The largest absolute Gasteiger partial charge is 0.354 e. The fourth-order valence-electron chi connectivity index (χ4n) is 3.19. The highest BCUT2D eigenvalue weighted by Crippen LogP contribution is 2.44. The molecule has 0 amide bonds. The minimum absolute atomic E-state index is 0.242. The molecule has 4 nitrogen and oxygen atoms in total. The summed E-state index contributed by atoms with van der Waals surface area (Å²) in [7, 11) is 6.98. The lowest BCUT2D eigenvalue weighted by Crippen LogP contribution is -2.42. The van der Waals surface area contributed by atoms with Gasteiger partial charge < -0.3 is 18.9 Å². The molecule has 0 aromatic rings. The van der Waals surface area contributed by atoms with Crippen molar-refractivity contribution in [3.8, 4) is 0 Å². The molecule has 0 saturated heterocycles. The van der Waals surface area contributed by atoms with Crippen LogP contribution in [0.25, 0.3) is 0 Å². The number of rotatable bonds is 25. The van der Waals surface area contributed by atoms with E-state index in [4.69, 9.17) is 18.9 Å². The quantitative estimate of drug-likeness (QED) is 0.0528. The summed E-state index contributed by atoms with van der Waals surface area (Å²) in [5.41, 5.74) is -0.484. The molecule has 0 aliphatic rings. The monoisotopic (exact) mass is 562 g/mol. The Morgan fingerprint density at radius 3 is 1.12 bits per heavy atom. The van der Waals surface area contributed by atoms with Gasteiger partial charge in [0.25, 0.3) is 0 Å². The Labute approximate surface area is 219 Å². The van der Waals surface area contributed by atoms with Crippen LogP contribution >= 0.6 is 41.2 Å². The molecule has 0 rings (SSSR count). The maximum atomic E-state index is 6.18. The summed E-state index contributed by atoms with van der Waals surface area (Å²) in [5.74, 6) is 2.30. The lowest BCUT2D eigenvalue weighted by atomic mass is 10.3. The third-order valence-electron chi connectivity index (χ3n) is 5.05. The van der Waals surface area contributed by atoms with Crippen molar-refractivity contribution >= 4 is 60.3 Å². The van der Waals surface area contributed by atoms with E-state index in [2.05, 4.69) is 40.8 Å². The number of hydrogen-bond donors (Lipinski definition) is 0. The summed E-state index contributed by atoms with van der Waals surface area (Å²) in [6, 6.07) is 0. The number of hydrogen-bond acceptors (Lipinski definition) is 8. The topological polar surface area (TPSA) is 36.9 Å². The summed E-state index contributed by atoms with van der Waals surface area (Å²) < 4.78 is 24.7. The fourth-order valence-corrected chi connectivity index (χ4v) is 11.9. The molecule has 0 aliphatic carbocycles. The first-order chi connectivity index (χ1) is 15.6. The maximum Gasteiger partial charge on any atom is 0.144 e. The Bertz CT molecular complexity index is 360. The molecule has 10 heteroatoms.